The molecule has 2 aliphatic rings. The van der Waals surface area contributed by atoms with Crippen molar-refractivity contribution in [3.63, 3.8) is 0 Å². The first-order chi connectivity index (χ1) is 10.6. The number of oxime groups is 1. The first-order valence-corrected chi connectivity index (χ1v) is 7.88. The van der Waals surface area contributed by atoms with Gasteiger partial charge in [0.15, 0.2) is 6.10 Å². The van der Waals surface area contributed by atoms with Crippen LogP contribution in [0, 0.1) is 0 Å². The lowest BCUT2D eigenvalue weighted by Gasteiger charge is -2.34. The van der Waals surface area contributed by atoms with E-state index in [0.29, 0.717) is 18.2 Å². The molecule has 1 saturated heterocycles. The van der Waals surface area contributed by atoms with Gasteiger partial charge in [0.2, 0.25) is 0 Å². The Morgan fingerprint density at radius 3 is 2.64 bits per heavy atom. The van der Waals surface area contributed by atoms with Crippen LogP contribution in [0.15, 0.2) is 35.5 Å². The average molecular weight is 301 g/mol. The molecule has 0 aromatic heterocycles. The highest BCUT2D eigenvalue weighted by atomic mass is 16.6. The molecule has 0 saturated carbocycles. The summed E-state index contributed by atoms with van der Waals surface area (Å²) in [6, 6.07) is 10.2. The highest BCUT2D eigenvalue weighted by Gasteiger charge is 2.32. The first-order valence-electron chi connectivity index (χ1n) is 7.88. The Balaban J connectivity index is 1.59. The molecule has 1 aromatic carbocycles. The number of rotatable bonds is 3. The van der Waals surface area contributed by atoms with Crippen LogP contribution >= 0.6 is 0 Å². The standard InChI is InChI=1S/C17H23N3O2/c1-19-10-8-14(9-11-19)20(2)17(21)15-12-16(22-18-15)13-6-4-3-5-7-13/h3-7,14,16H,8-12H2,1-2H3/t16-/m1/s1. The third-order valence-electron chi connectivity index (χ3n) is 4.64. The Hall–Kier alpha value is -1.88. The Morgan fingerprint density at radius 1 is 1.27 bits per heavy atom. The minimum Gasteiger partial charge on any atom is -0.387 e. The Morgan fingerprint density at radius 2 is 1.95 bits per heavy atom. The van der Waals surface area contributed by atoms with Gasteiger partial charge in [-0.05, 0) is 38.5 Å². The predicted molar refractivity (Wildman–Crippen MR) is 85.6 cm³/mol. The van der Waals surface area contributed by atoms with E-state index in [1.54, 1.807) is 0 Å². The third-order valence-corrected chi connectivity index (χ3v) is 4.64. The van der Waals surface area contributed by atoms with Gasteiger partial charge >= 0.3 is 0 Å². The van der Waals surface area contributed by atoms with Crippen molar-refractivity contribution in [2.75, 3.05) is 27.2 Å². The third kappa shape index (κ3) is 3.14. The molecular formula is C17H23N3O2. The quantitative estimate of drug-likeness (QED) is 0.858. The Bertz CT molecular complexity index is 550. The van der Waals surface area contributed by atoms with Crippen molar-refractivity contribution in [3.8, 4) is 0 Å². The van der Waals surface area contributed by atoms with E-state index in [1.165, 1.54) is 0 Å². The molecule has 0 N–H and O–H groups in total. The number of amides is 1. The number of piperidine rings is 1. The fourth-order valence-corrected chi connectivity index (χ4v) is 3.10. The van der Waals surface area contributed by atoms with E-state index >= 15 is 0 Å². The molecule has 1 aromatic rings. The Labute approximate surface area is 131 Å². The number of likely N-dealkylation sites (tertiary alicyclic amines) is 1. The van der Waals surface area contributed by atoms with Crippen molar-refractivity contribution in [1.82, 2.24) is 9.80 Å². The zero-order valence-electron chi connectivity index (χ0n) is 13.2. The van der Waals surface area contributed by atoms with Crippen LogP contribution in [0.25, 0.3) is 0 Å². The highest BCUT2D eigenvalue weighted by Crippen LogP contribution is 2.28. The number of hydrogen-bond donors (Lipinski definition) is 0. The van der Waals surface area contributed by atoms with E-state index in [4.69, 9.17) is 4.84 Å². The summed E-state index contributed by atoms with van der Waals surface area (Å²) in [5.41, 5.74) is 1.60. The Kier molecular flexibility index (Phi) is 4.43. The van der Waals surface area contributed by atoms with Gasteiger partial charge in [0.1, 0.15) is 5.71 Å². The molecular weight excluding hydrogens is 278 g/mol. The van der Waals surface area contributed by atoms with Gasteiger partial charge in [-0.2, -0.15) is 0 Å². The largest absolute Gasteiger partial charge is 0.387 e. The smallest absolute Gasteiger partial charge is 0.271 e. The monoisotopic (exact) mass is 301 g/mol. The van der Waals surface area contributed by atoms with E-state index in [1.807, 2.05) is 42.3 Å². The maximum atomic E-state index is 12.6. The summed E-state index contributed by atoms with van der Waals surface area (Å²) in [6.07, 6.45) is 2.47. The van der Waals surface area contributed by atoms with E-state index < -0.39 is 0 Å². The van der Waals surface area contributed by atoms with E-state index in [0.717, 1.165) is 31.5 Å². The number of hydrogen-bond acceptors (Lipinski definition) is 4. The molecule has 118 valence electrons. The van der Waals surface area contributed by atoms with Crippen molar-refractivity contribution >= 4 is 11.6 Å². The number of carbonyl (C=O) groups is 1. The fourth-order valence-electron chi connectivity index (χ4n) is 3.10. The molecule has 1 amide bonds. The fraction of sp³-hybridized carbons (Fsp3) is 0.529. The summed E-state index contributed by atoms with van der Waals surface area (Å²) in [5, 5.41) is 4.04. The van der Waals surface area contributed by atoms with E-state index in [9.17, 15) is 4.79 Å². The molecule has 1 atom stereocenters. The summed E-state index contributed by atoms with van der Waals surface area (Å²) < 4.78 is 0. The van der Waals surface area contributed by atoms with Gasteiger partial charge in [0.05, 0.1) is 0 Å². The molecule has 0 aliphatic carbocycles. The molecule has 3 rings (SSSR count). The molecule has 0 bridgehead atoms. The van der Waals surface area contributed by atoms with Crippen LogP contribution < -0.4 is 0 Å². The van der Waals surface area contributed by atoms with Crippen LogP contribution in [0.4, 0.5) is 0 Å². The van der Waals surface area contributed by atoms with Crippen LogP contribution in [0.1, 0.15) is 30.9 Å². The summed E-state index contributed by atoms with van der Waals surface area (Å²) in [7, 11) is 4.01. The number of benzene rings is 1. The zero-order chi connectivity index (χ0) is 15.5. The second-order valence-electron chi connectivity index (χ2n) is 6.20. The van der Waals surface area contributed by atoms with Gasteiger partial charge < -0.3 is 14.6 Å². The topological polar surface area (TPSA) is 45.1 Å². The summed E-state index contributed by atoms with van der Waals surface area (Å²) in [6.45, 7) is 2.08. The lowest BCUT2D eigenvalue weighted by atomic mass is 10.0. The molecule has 0 radical (unpaired) electrons. The minimum atomic E-state index is -0.133. The second kappa shape index (κ2) is 6.48. The van der Waals surface area contributed by atoms with Crippen molar-refractivity contribution < 1.29 is 9.63 Å². The first kappa shape index (κ1) is 15.0. The maximum absolute atomic E-state index is 12.6. The van der Waals surface area contributed by atoms with Crippen LogP contribution in [-0.4, -0.2) is 54.6 Å². The van der Waals surface area contributed by atoms with Crippen molar-refractivity contribution in [3.05, 3.63) is 35.9 Å². The van der Waals surface area contributed by atoms with Gasteiger partial charge in [-0.25, -0.2) is 0 Å². The van der Waals surface area contributed by atoms with E-state index in [-0.39, 0.29) is 12.0 Å². The molecule has 22 heavy (non-hydrogen) atoms. The normalized spacial score (nSPS) is 23.0. The van der Waals surface area contributed by atoms with Crippen molar-refractivity contribution in [1.29, 1.82) is 0 Å². The lowest BCUT2D eigenvalue weighted by Crippen LogP contribution is -2.46. The predicted octanol–water partition coefficient (Wildman–Crippen LogP) is 2.06. The van der Waals surface area contributed by atoms with Gasteiger partial charge in [-0.3, -0.25) is 4.79 Å². The molecule has 5 heteroatoms. The number of nitrogens with zero attached hydrogens (tertiary/aromatic N) is 3. The van der Waals surface area contributed by atoms with Crippen LogP contribution in [0.3, 0.4) is 0 Å². The minimum absolute atomic E-state index is 0.00739. The van der Waals surface area contributed by atoms with Crippen molar-refractivity contribution in [2.24, 2.45) is 5.16 Å². The summed E-state index contributed by atoms with van der Waals surface area (Å²) in [5.74, 6) is 0.00739. The van der Waals surface area contributed by atoms with Crippen LogP contribution in [0.2, 0.25) is 0 Å². The van der Waals surface area contributed by atoms with Gasteiger partial charge in [0.25, 0.3) is 5.91 Å². The van der Waals surface area contributed by atoms with Gasteiger partial charge in [-0.1, -0.05) is 35.5 Å². The van der Waals surface area contributed by atoms with Gasteiger partial charge in [-0.15, -0.1) is 0 Å². The molecule has 2 heterocycles. The lowest BCUT2D eigenvalue weighted by molar-refractivity contribution is -0.125. The molecule has 1 fully saturated rings. The van der Waals surface area contributed by atoms with E-state index in [2.05, 4.69) is 17.1 Å². The van der Waals surface area contributed by atoms with Crippen LogP contribution in [-0.2, 0) is 9.63 Å². The molecule has 2 aliphatic heterocycles. The SMILES string of the molecule is CN1CCC(N(C)C(=O)C2=NO[C@@H](c3ccccc3)C2)CC1. The number of carbonyl (C=O) groups excluding carboxylic acids is 1. The average Bonchev–Trinajstić information content (AvgIpc) is 3.05. The molecule has 0 unspecified atom stereocenters. The molecule has 0 spiro atoms. The maximum Gasteiger partial charge on any atom is 0.271 e. The molecule has 5 nitrogen and oxygen atoms in total. The van der Waals surface area contributed by atoms with Gasteiger partial charge in [0, 0.05) is 19.5 Å². The second-order valence-corrected chi connectivity index (χ2v) is 6.20. The zero-order valence-corrected chi connectivity index (χ0v) is 13.2. The van der Waals surface area contributed by atoms with Crippen molar-refractivity contribution in [2.45, 2.75) is 31.4 Å². The van der Waals surface area contributed by atoms with Crippen LogP contribution in [0.5, 0.6) is 0 Å². The highest BCUT2D eigenvalue weighted by molar-refractivity contribution is 6.39. The summed E-state index contributed by atoms with van der Waals surface area (Å²) >= 11 is 0. The summed E-state index contributed by atoms with van der Waals surface area (Å²) in [4.78, 5) is 22.2.